The highest BCUT2D eigenvalue weighted by molar-refractivity contribution is 6.92. The number of rotatable bonds is 14. The first-order chi connectivity index (χ1) is 13.3. The Kier molecular flexibility index (Phi) is 10.3. The molecule has 4 heteroatoms. The molecule has 0 amide bonds. The van der Waals surface area contributed by atoms with Gasteiger partial charge >= 0.3 is 8.56 Å². The molecule has 0 N–H and O–H groups in total. The lowest BCUT2D eigenvalue weighted by Gasteiger charge is -2.31. The van der Waals surface area contributed by atoms with Gasteiger partial charge in [-0.05, 0) is 16.8 Å². The summed E-state index contributed by atoms with van der Waals surface area (Å²) in [5.41, 5.74) is 0. The standard InChI is InChI=1S/C23H33FO2Si/c1-2-3-4-5-6-7-14-20-25-27(26-21-19-24,22-15-10-8-11-16-22)23-17-12-9-13-18-23/h8-13,15-18H,2-7,14,19-21H2,1H3. The average molecular weight is 389 g/mol. The molecule has 0 radical (unpaired) electrons. The zero-order valence-electron chi connectivity index (χ0n) is 16.5. The normalized spacial score (nSPS) is 11.6. The van der Waals surface area contributed by atoms with Crippen molar-refractivity contribution in [1.29, 1.82) is 0 Å². The zero-order valence-corrected chi connectivity index (χ0v) is 17.5. The molecule has 0 unspecified atom stereocenters. The lowest BCUT2D eigenvalue weighted by Crippen LogP contribution is -2.63. The van der Waals surface area contributed by atoms with Gasteiger partial charge in [0.05, 0.1) is 6.61 Å². The van der Waals surface area contributed by atoms with Crippen LogP contribution in [-0.4, -0.2) is 28.4 Å². The van der Waals surface area contributed by atoms with Crippen LogP contribution >= 0.6 is 0 Å². The molecule has 2 aromatic rings. The molecular formula is C23H33FO2Si. The average Bonchev–Trinajstić information content (AvgIpc) is 2.73. The molecule has 2 aromatic carbocycles. The van der Waals surface area contributed by atoms with E-state index in [4.69, 9.17) is 8.85 Å². The number of halogens is 1. The van der Waals surface area contributed by atoms with E-state index in [1.165, 1.54) is 38.5 Å². The summed E-state index contributed by atoms with van der Waals surface area (Å²) < 4.78 is 25.6. The highest BCUT2D eigenvalue weighted by atomic mass is 28.4. The van der Waals surface area contributed by atoms with Crippen molar-refractivity contribution >= 4 is 18.9 Å². The van der Waals surface area contributed by atoms with Crippen molar-refractivity contribution in [1.82, 2.24) is 0 Å². The predicted molar refractivity (Wildman–Crippen MR) is 114 cm³/mol. The number of hydrogen-bond acceptors (Lipinski definition) is 2. The minimum absolute atomic E-state index is 0.0625. The van der Waals surface area contributed by atoms with Crippen LogP contribution in [0.4, 0.5) is 4.39 Å². The maximum Gasteiger partial charge on any atom is 0.407 e. The number of hydrogen-bond donors (Lipinski definition) is 0. The Morgan fingerprint density at radius 2 is 1.15 bits per heavy atom. The van der Waals surface area contributed by atoms with Gasteiger partial charge in [-0.1, -0.05) is 106 Å². The summed E-state index contributed by atoms with van der Waals surface area (Å²) in [5, 5.41) is 2.07. The van der Waals surface area contributed by atoms with Crippen molar-refractivity contribution in [2.75, 3.05) is 19.9 Å². The highest BCUT2D eigenvalue weighted by Gasteiger charge is 2.42. The molecule has 0 atom stereocenters. The summed E-state index contributed by atoms with van der Waals surface area (Å²) in [4.78, 5) is 0. The molecule has 0 aliphatic heterocycles. The van der Waals surface area contributed by atoms with Gasteiger partial charge in [0.15, 0.2) is 0 Å². The summed E-state index contributed by atoms with van der Waals surface area (Å²) in [6.07, 6.45) is 8.65. The van der Waals surface area contributed by atoms with Crippen molar-refractivity contribution < 1.29 is 13.2 Å². The Labute approximate surface area is 165 Å². The summed E-state index contributed by atoms with van der Waals surface area (Å²) >= 11 is 0. The third kappa shape index (κ3) is 6.87. The molecule has 27 heavy (non-hydrogen) atoms. The minimum atomic E-state index is -2.89. The second-order valence-corrected chi connectivity index (χ2v) is 9.82. The smallest absolute Gasteiger partial charge is 0.388 e. The quantitative estimate of drug-likeness (QED) is 0.335. The molecule has 0 aliphatic carbocycles. The van der Waals surface area contributed by atoms with E-state index in [9.17, 15) is 4.39 Å². The second-order valence-electron chi connectivity index (χ2n) is 6.86. The molecule has 0 heterocycles. The van der Waals surface area contributed by atoms with Crippen LogP contribution in [0, 0.1) is 0 Å². The van der Waals surface area contributed by atoms with Gasteiger partial charge in [-0.3, -0.25) is 0 Å². The van der Waals surface area contributed by atoms with Gasteiger partial charge in [-0.25, -0.2) is 4.39 Å². The molecule has 148 valence electrons. The fourth-order valence-electron chi connectivity index (χ4n) is 3.31. The van der Waals surface area contributed by atoms with E-state index in [2.05, 4.69) is 6.92 Å². The lowest BCUT2D eigenvalue weighted by molar-refractivity contribution is 0.175. The van der Waals surface area contributed by atoms with E-state index in [1.54, 1.807) is 0 Å². The summed E-state index contributed by atoms with van der Waals surface area (Å²) in [6, 6.07) is 20.1. The van der Waals surface area contributed by atoms with Crippen LogP contribution in [-0.2, 0) is 8.85 Å². The molecule has 0 saturated heterocycles. The first-order valence-corrected chi connectivity index (χ1v) is 12.1. The number of benzene rings is 2. The van der Waals surface area contributed by atoms with Crippen LogP contribution in [0.1, 0.15) is 51.9 Å². The first kappa shape index (κ1) is 21.8. The van der Waals surface area contributed by atoms with Crippen LogP contribution < -0.4 is 10.4 Å². The van der Waals surface area contributed by atoms with Crippen LogP contribution in [0.25, 0.3) is 0 Å². The van der Waals surface area contributed by atoms with Crippen molar-refractivity contribution in [2.24, 2.45) is 0 Å². The van der Waals surface area contributed by atoms with E-state index in [0.717, 1.165) is 16.8 Å². The fourth-order valence-corrected chi connectivity index (χ4v) is 6.46. The Morgan fingerprint density at radius 1 is 0.667 bits per heavy atom. The molecular weight excluding hydrogens is 355 g/mol. The van der Waals surface area contributed by atoms with Gasteiger partial charge in [0.2, 0.25) is 0 Å². The molecule has 0 aliphatic rings. The molecule has 2 nitrogen and oxygen atoms in total. The zero-order chi connectivity index (χ0) is 19.2. The molecule has 2 rings (SSSR count). The number of unbranched alkanes of at least 4 members (excludes halogenated alkanes) is 6. The van der Waals surface area contributed by atoms with Crippen LogP contribution in [0.15, 0.2) is 60.7 Å². The third-order valence-electron chi connectivity index (χ3n) is 4.74. The minimum Gasteiger partial charge on any atom is -0.388 e. The van der Waals surface area contributed by atoms with Crippen molar-refractivity contribution in [2.45, 2.75) is 51.9 Å². The van der Waals surface area contributed by atoms with Gasteiger partial charge < -0.3 is 8.85 Å². The van der Waals surface area contributed by atoms with Crippen molar-refractivity contribution in [3.05, 3.63) is 60.7 Å². The van der Waals surface area contributed by atoms with Crippen molar-refractivity contribution in [3.8, 4) is 0 Å². The Bertz CT molecular complexity index is 567. The van der Waals surface area contributed by atoms with Gasteiger partial charge in [-0.15, -0.1) is 0 Å². The van der Waals surface area contributed by atoms with Crippen LogP contribution in [0.3, 0.4) is 0 Å². The van der Waals surface area contributed by atoms with Crippen LogP contribution in [0.5, 0.6) is 0 Å². The number of alkyl halides is 1. The SMILES string of the molecule is CCCCCCCCCO[Si](OCCF)(c1ccccc1)c1ccccc1. The molecule has 0 spiro atoms. The van der Waals surface area contributed by atoms with Crippen LogP contribution in [0.2, 0.25) is 0 Å². The Balaban J connectivity index is 2.07. The second kappa shape index (κ2) is 12.8. The van der Waals surface area contributed by atoms with E-state index in [0.29, 0.717) is 6.61 Å². The molecule has 0 bridgehead atoms. The summed E-state index contributed by atoms with van der Waals surface area (Å²) in [7, 11) is -2.89. The monoisotopic (exact) mass is 388 g/mol. The van der Waals surface area contributed by atoms with E-state index in [1.807, 2.05) is 60.7 Å². The summed E-state index contributed by atoms with van der Waals surface area (Å²) in [6.45, 7) is 2.45. The van der Waals surface area contributed by atoms with E-state index < -0.39 is 15.2 Å². The third-order valence-corrected chi connectivity index (χ3v) is 8.15. The summed E-state index contributed by atoms with van der Waals surface area (Å²) in [5.74, 6) is 0. The molecule has 0 saturated carbocycles. The fraction of sp³-hybridized carbons (Fsp3) is 0.478. The maximum absolute atomic E-state index is 13.0. The van der Waals surface area contributed by atoms with E-state index in [-0.39, 0.29) is 6.61 Å². The maximum atomic E-state index is 13.0. The Hall–Kier alpha value is -1.49. The van der Waals surface area contributed by atoms with E-state index >= 15 is 0 Å². The highest BCUT2D eigenvalue weighted by Crippen LogP contribution is 2.13. The lowest BCUT2D eigenvalue weighted by atomic mass is 10.1. The van der Waals surface area contributed by atoms with Gasteiger partial charge in [0.1, 0.15) is 6.67 Å². The molecule has 0 aromatic heterocycles. The van der Waals surface area contributed by atoms with Gasteiger partial charge in [0, 0.05) is 6.61 Å². The largest absolute Gasteiger partial charge is 0.407 e. The van der Waals surface area contributed by atoms with Gasteiger partial charge in [-0.2, -0.15) is 0 Å². The topological polar surface area (TPSA) is 18.5 Å². The van der Waals surface area contributed by atoms with Gasteiger partial charge in [0.25, 0.3) is 0 Å². The Morgan fingerprint density at radius 3 is 1.67 bits per heavy atom. The molecule has 0 fully saturated rings. The predicted octanol–water partition coefficient (Wildman–Crippen LogP) is 5.00. The first-order valence-electron chi connectivity index (χ1n) is 10.3. The van der Waals surface area contributed by atoms with Crippen molar-refractivity contribution in [3.63, 3.8) is 0 Å².